The molecule has 0 atom stereocenters. The van der Waals surface area contributed by atoms with E-state index in [1.165, 1.54) is 12.8 Å². The molecule has 6 heteroatoms. The third kappa shape index (κ3) is 2.96. The molecule has 1 fully saturated rings. The van der Waals surface area contributed by atoms with Crippen LogP contribution in [0.25, 0.3) is 11.5 Å². The number of piperidine rings is 1. The first-order valence-electron chi connectivity index (χ1n) is 6.93. The first-order valence-corrected chi connectivity index (χ1v) is 7.34. The summed E-state index contributed by atoms with van der Waals surface area (Å²) in [4.78, 5) is 6.86. The maximum absolute atomic E-state index is 5.56. The van der Waals surface area contributed by atoms with Gasteiger partial charge in [0.05, 0.1) is 12.2 Å². The zero-order chi connectivity index (χ0) is 13.9. The molecule has 1 aliphatic rings. The Hall–Kier alpha value is -1.53. The highest BCUT2D eigenvalue weighted by atomic mass is 32.1. The first kappa shape index (κ1) is 13.5. The van der Waals surface area contributed by atoms with Gasteiger partial charge in [0.1, 0.15) is 0 Å². The van der Waals surface area contributed by atoms with Crippen molar-refractivity contribution in [2.24, 2.45) is 5.92 Å². The van der Waals surface area contributed by atoms with Crippen LogP contribution in [-0.2, 0) is 6.67 Å². The Morgan fingerprint density at radius 1 is 1.40 bits per heavy atom. The summed E-state index contributed by atoms with van der Waals surface area (Å²) in [5, 5.41) is 4.46. The van der Waals surface area contributed by atoms with Crippen molar-refractivity contribution in [2.45, 2.75) is 26.4 Å². The largest absolute Gasteiger partial charge is 0.409 e. The maximum atomic E-state index is 5.56. The van der Waals surface area contributed by atoms with E-state index in [1.54, 1.807) is 17.1 Å². The van der Waals surface area contributed by atoms with Gasteiger partial charge in [0.25, 0.3) is 4.84 Å². The lowest BCUT2D eigenvalue weighted by molar-refractivity contribution is 0.144. The third-order valence-corrected chi connectivity index (χ3v) is 4.02. The maximum Gasteiger partial charge on any atom is 0.288 e. The highest BCUT2D eigenvalue weighted by molar-refractivity contribution is 7.71. The van der Waals surface area contributed by atoms with Crippen LogP contribution < -0.4 is 0 Å². The number of nitrogens with zero attached hydrogens (tertiary/aromatic N) is 4. The van der Waals surface area contributed by atoms with Crippen LogP contribution in [0.2, 0.25) is 0 Å². The molecule has 0 aliphatic carbocycles. The van der Waals surface area contributed by atoms with Crippen LogP contribution in [0.4, 0.5) is 0 Å². The SMILES string of the molecule is CC1CCN(Cn2nc(-c3cccnc3)oc2=S)CC1. The fourth-order valence-corrected chi connectivity index (χ4v) is 2.57. The summed E-state index contributed by atoms with van der Waals surface area (Å²) in [5.41, 5.74) is 0.851. The highest BCUT2D eigenvalue weighted by Gasteiger charge is 2.17. The quantitative estimate of drug-likeness (QED) is 0.813. The van der Waals surface area contributed by atoms with Gasteiger partial charge in [-0.2, -0.15) is 0 Å². The van der Waals surface area contributed by atoms with E-state index in [1.807, 2.05) is 12.1 Å². The summed E-state index contributed by atoms with van der Waals surface area (Å²) >= 11 is 5.25. The van der Waals surface area contributed by atoms with Crippen molar-refractivity contribution >= 4 is 12.2 Å². The van der Waals surface area contributed by atoms with Crippen molar-refractivity contribution in [3.63, 3.8) is 0 Å². The molecule has 0 bridgehead atoms. The van der Waals surface area contributed by atoms with Gasteiger partial charge < -0.3 is 4.42 Å². The highest BCUT2D eigenvalue weighted by Crippen LogP contribution is 2.19. The van der Waals surface area contributed by atoms with Gasteiger partial charge in [-0.25, -0.2) is 4.68 Å². The fourth-order valence-electron chi connectivity index (χ4n) is 2.39. The van der Waals surface area contributed by atoms with Crippen molar-refractivity contribution in [1.29, 1.82) is 0 Å². The van der Waals surface area contributed by atoms with Gasteiger partial charge in [-0.1, -0.05) is 6.92 Å². The molecule has 3 rings (SSSR count). The molecular weight excluding hydrogens is 272 g/mol. The number of rotatable bonds is 3. The minimum Gasteiger partial charge on any atom is -0.409 e. The zero-order valence-corrected chi connectivity index (χ0v) is 12.3. The van der Waals surface area contributed by atoms with E-state index in [4.69, 9.17) is 16.6 Å². The lowest BCUT2D eigenvalue weighted by atomic mass is 10.00. The third-order valence-electron chi connectivity index (χ3n) is 3.72. The van der Waals surface area contributed by atoms with Gasteiger partial charge in [-0.15, -0.1) is 5.10 Å². The van der Waals surface area contributed by atoms with Gasteiger partial charge in [-0.3, -0.25) is 9.88 Å². The Labute approximate surface area is 123 Å². The zero-order valence-electron chi connectivity index (χ0n) is 11.5. The second-order valence-corrected chi connectivity index (χ2v) is 5.71. The standard InChI is InChI=1S/C14H18N4OS/c1-11-4-7-17(8-5-11)10-18-14(20)19-13(16-18)12-3-2-6-15-9-12/h2-3,6,9,11H,4-5,7-8,10H2,1H3. The van der Waals surface area contributed by atoms with Gasteiger partial charge >= 0.3 is 0 Å². The van der Waals surface area contributed by atoms with E-state index in [9.17, 15) is 0 Å². The van der Waals surface area contributed by atoms with Crippen LogP contribution in [0.5, 0.6) is 0 Å². The Kier molecular flexibility index (Phi) is 3.93. The van der Waals surface area contributed by atoms with Crippen LogP contribution >= 0.6 is 12.2 Å². The van der Waals surface area contributed by atoms with Crippen LogP contribution in [0.15, 0.2) is 28.9 Å². The minimum atomic E-state index is 0.419. The summed E-state index contributed by atoms with van der Waals surface area (Å²) < 4.78 is 7.32. The van der Waals surface area contributed by atoms with Gasteiger partial charge in [0.15, 0.2) is 0 Å². The molecule has 0 radical (unpaired) electrons. The second kappa shape index (κ2) is 5.85. The molecule has 5 nitrogen and oxygen atoms in total. The van der Waals surface area contributed by atoms with Crippen molar-refractivity contribution in [3.05, 3.63) is 29.4 Å². The smallest absolute Gasteiger partial charge is 0.288 e. The Morgan fingerprint density at radius 2 is 2.20 bits per heavy atom. The van der Waals surface area contributed by atoms with E-state index in [0.29, 0.717) is 17.4 Å². The summed E-state index contributed by atoms with van der Waals surface area (Å²) in [6, 6.07) is 3.78. The molecule has 0 unspecified atom stereocenters. The van der Waals surface area contributed by atoms with E-state index < -0.39 is 0 Å². The van der Waals surface area contributed by atoms with Crippen molar-refractivity contribution in [3.8, 4) is 11.5 Å². The minimum absolute atomic E-state index is 0.419. The topological polar surface area (TPSA) is 47.1 Å². The lowest BCUT2D eigenvalue weighted by Gasteiger charge is -2.29. The predicted molar refractivity (Wildman–Crippen MR) is 78.5 cm³/mol. The van der Waals surface area contributed by atoms with E-state index in [-0.39, 0.29) is 0 Å². The molecule has 2 aromatic heterocycles. The molecule has 3 heterocycles. The molecule has 0 saturated carbocycles. The first-order chi connectivity index (χ1) is 9.72. The average molecular weight is 290 g/mol. The predicted octanol–water partition coefficient (Wildman–Crippen LogP) is 2.96. The van der Waals surface area contributed by atoms with Crippen LogP contribution in [0, 0.1) is 10.8 Å². The molecule has 106 valence electrons. The summed E-state index contributed by atoms with van der Waals surface area (Å²) in [5.74, 6) is 1.36. The van der Waals surface area contributed by atoms with Gasteiger partial charge in [0, 0.05) is 25.5 Å². The van der Waals surface area contributed by atoms with Crippen molar-refractivity contribution < 1.29 is 4.42 Å². The van der Waals surface area contributed by atoms with Gasteiger partial charge in [0.2, 0.25) is 5.89 Å². The normalized spacial score (nSPS) is 17.4. The molecule has 0 aromatic carbocycles. The number of hydrogen-bond donors (Lipinski definition) is 0. The van der Waals surface area contributed by atoms with Gasteiger partial charge in [-0.05, 0) is 43.1 Å². The molecule has 0 amide bonds. The van der Waals surface area contributed by atoms with E-state index >= 15 is 0 Å². The molecule has 0 N–H and O–H groups in total. The number of pyridine rings is 1. The Morgan fingerprint density at radius 3 is 2.90 bits per heavy atom. The number of likely N-dealkylation sites (tertiary alicyclic amines) is 1. The molecule has 20 heavy (non-hydrogen) atoms. The molecule has 1 aliphatic heterocycles. The van der Waals surface area contributed by atoms with Crippen LogP contribution in [0.3, 0.4) is 0 Å². The molecule has 0 spiro atoms. The average Bonchev–Trinajstić information content (AvgIpc) is 2.84. The number of aromatic nitrogens is 3. The Balaban J connectivity index is 1.75. The lowest BCUT2D eigenvalue weighted by Crippen LogP contribution is -2.34. The molecule has 2 aromatic rings. The van der Waals surface area contributed by atoms with E-state index in [2.05, 4.69) is 21.9 Å². The molecular formula is C14H18N4OS. The fraction of sp³-hybridized carbons (Fsp3) is 0.500. The van der Waals surface area contributed by atoms with Crippen molar-refractivity contribution in [2.75, 3.05) is 13.1 Å². The van der Waals surface area contributed by atoms with Crippen molar-refractivity contribution in [1.82, 2.24) is 19.7 Å². The van der Waals surface area contributed by atoms with Crippen LogP contribution in [0.1, 0.15) is 19.8 Å². The second-order valence-electron chi connectivity index (χ2n) is 5.36. The monoisotopic (exact) mass is 290 g/mol. The summed E-state index contributed by atoms with van der Waals surface area (Å²) in [6.45, 7) is 5.20. The number of hydrogen-bond acceptors (Lipinski definition) is 5. The Bertz CT molecular complexity index is 614. The summed E-state index contributed by atoms with van der Waals surface area (Å²) in [7, 11) is 0. The van der Waals surface area contributed by atoms with Crippen LogP contribution in [-0.4, -0.2) is 32.8 Å². The summed E-state index contributed by atoms with van der Waals surface area (Å²) in [6.07, 6.45) is 5.93. The van der Waals surface area contributed by atoms with E-state index in [0.717, 1.165) is 24.6 Å². The molecule has 1 saturated heterocycles.